The number of para-hydroxylation sites is 1. The number of aromatic amines is 1. The zero-order valence-electron chi connectivity index (χ0n) is 15.5. The minimum Gasteiger partial charge on any atom is -0.441 e. The number of carbonyl (C=O) groups is 1. The fourth-order valence-electron chi connectivity index (χ4n) is 2.24. The lowest BCUT2D eigenvalue weighted by Crippen LogP contribution is -2.21. The number of hydrogen-bond donors (Lipinski definition) is 3. The Labute approximate surface area is 159 Å². The molecule has 0 aliphatic rings. The van der Waals surface area contributed by atoms with Crippen LogP contribution < -0.4 is 10.6 Å². The lowest BCUT2D eigenvalue weighted by atomic mass is 9.94. The molecule has 2 aromatic heterocycles. The number of H-pyrrole nitrogens is 1. The third kappa shape index (κ3) is 4.61. The van der Waals surface area contributed by atoms with E-state index in [-0.39, 0.29) is 11.2 Å². The van der Waals surface area contributed by atoms with Crippen LogP contribution in [0.5, 0.6) is 0 Å². The Bertz CT molecular complexity index is 997. The molecule has 2 amide bonds. The molecule has 2 heterocycles. The minimum absolute atomic E-state index is 0.144. The van der Waals surface area contributed by atoms with Crippen LogP contribution in [0.25, 0.3) is 12.2 Å². The molecule has 1 aromatic carbocycles. The molecule has 0 atom stereocenters. The molecule has 0 spiro atoms. The predicted octanol–water partition coefficient (Wildman–Crippen LogP) is 4.79. The molecule has 0 bridgehead atoms. The second-order valence-corrected chi connectivity index (χ2v) is 7.03. The van der Waals surface area contributed by atoms with Crippen molar-refractivity contribution in [2.75, 3.05) is 10.6 Å². The number of aromatic nitrogens is 3. The summed E-state index contributed by atoms with van der Waals surface area (Å²) in [4.78, 5) is 16.1. The number of carbonyl (C=O) groups excluding carboxylic acids is 1. The Morgan fingerprint density at radius 3 is 2.54 bits per heavy atom. The van der Waals surface area contributed by atoms with E-state index >= 15 is 0 Å². The molecule has 3 N–H and O–H groups in total. The Morgan fingerprint density at radius 2 is 1.89 bits per heavy atom. The molecule has 0 fully saturated rings. The molecule has 9 heteroatoms. The highest BCUT2D eigenvalue weighted by Crippen LogP contribution is 2.23. The predicted molar refractivity (Wildman–Crippen MR) is 102 cm³/mol. The van der Waals surface area contributed by atoms with Crippen molar-refractivity contribution < 1.29 is 18.0 Å². The molecule has 0 unspecified atom stereocenters. The van der Waals surface area contributed by atoms with Crippen LogP contribution in [0, 0.1) is 11.6 Å². The first kappa shape index (κ1) is 19.3. The highest BCUT2D eigenvalue weighted by molar-refractivity contribution is 5.99. The van der Waals surface area contributed by atoms with Gasteiger partial charge in [0.1, 0.15) is 23.1 Å². The Morgan fingerprint density at radius 1 is 1.18 bits per heavy atom. The maximum Gasteiger partial charge on any atom is 0.325 e. The molecular weight excluding hydrogens is 368 g/mol. The van der Waals surface area contributed by atoms with Crippen molar-refractivity contribution in [2.24, 2.45) is 0 Å². The largest absolute Gasteiger partial charge is 0.441 e. The van der Waals surface area contributed by atoms with Gasteiger partial charge < -0.3 is 9.73 Å². The fraction of sp³-hybridized carbons (Fsp3) is 0.211. The minimum atomic E-state index is -0.874. The average Bonchev–Trinajstić information content (AvgIpc) is 3.25. The maximum atomic E-state index is 13.6. The van der Waals surface area contributed by atoms with Gasteiger partial charge in [-0.05, 0) is 18.2 Å². The normalized spacial score (nSPS) is 11.8. The second-order valence-electron chi connectivity index (χ2n) is 7.03. The van der Waals surface area contributed by atoms with E-state index in [0.29, 0.717) is 11.6 Å². The maximum absolute atomic E-state index is 13.6. The van der Waals surface area contributed by atoms with Gasteiger partial charge in [-0.15, -0.1) is 0 Å². The number of nitrogens with one attached hydrogen (secondary N) is 3. The molecule has 7 nitrogen and oxygen atoms in total. The average molecular weight is 387 g/mol. The van der Waals surface area contributed by atoms with Crippen molar-refractivity contribution in [2.45, 2.75) is 26.2 Å². The van der Waals surface area contributed by atoms with Gasteiger partial charge in [0, 0.05) is 17.6 Å². The summed E-state index contributed by atoms with van der Waals surface area (Å²) in [5.74, 6) is -0.377. The molecular formula is C19H19F2N5O2. The monoisotopic (exact) mass is 387 g/mol. The quantitative estimate of drug-likeness (QED) is 0.600. The van der Waals surface area contributed by atoms with Crippen LogP contribution in [0.1, 0.15) is 38.1 Å². The molecule has 0 saturated heterocycles. The van der Waals surface area contributed by atoms with Gasteiger partial charge in [-0.1, -0.05) is 26.8 Å². The van der Waals surface area contributed by atoms with Gasteiger partial charge in [-0.2, -0.15) is 5.10 Å². The molecule has 3 aromatic rings. The number of benzene rings is 1. The van der Waals surface area contributed by atoms with Crippen molar-refractivity contribution in [1.82, 2.24) is 15.2 Å². The van der Waals surface area contributed by atoms with Crippen molar-refractivity contribution in [3.05, 3.63) is 59.4 Å². The van der Waals surface area contributed by atoms with Crippen LogP contribution >= 0.6 is 0 Å². The number of urea groups is 1. The van der Waals surface area contributed by atoms with E-state index in [1.54, 1.807) is 24.4 Å². The highest BCUT2D eigenvalue weighted by Gasteiger charge is 2.18. The molecule has 0 saturated carbocycles. The van der Waals surface area contributed by atoms with Gasteiger partial charge in [-0.3, -0.25) is 10.4 Å². The van der Waals surface area contributed by atoms with Gasteiger partial charge in [0.25, 0.3) is 0 Å². The van der Waals surface area contributed by atoms with E-state index in [4.69, 9.17) is 4.42 Å². The van der Waals surface area contributed by atoms with E-state index in [0.717, 1.165) is 17.9 Å². The van der Waals surface area contributed by atoms with Crippen molar-refractivity contribution in [3.63, 3.8) is 0 Å². The van der Waals surface area contributed by atoms with Crippen molar-refractivity contribution >= 4 is 29.7 Å². The third-order valence-corrected chi connectivity index (χ3v) is 3.71. The Kier molecular flexibility index (Phi) is 5.25. The van der Waals surface area contributed by atoms with Crippen LogP contribution in [0.4, 0.5) is 25.1 Å². The van der Waals surface area contributed by atoms with E-state index in [9.17, 15) is 13.6 Å². The smallest absolute Gasteiger partial charge is 0.325 e. The standard InChI is InChI=1S/C19H19F2N5O2/c1-19(2,3)14-10-22-16(28-14)8-7-11-9-15(26-25-11)23-18(27)24-17-12(20)5-4-6-13(17)21/h4-10H,1-3H3,(H3,23,24,25,26,27)/b8-7-. The van der Waals surface area contributed by atoms with E-state index in [2.05, 4.69) is 25.8 Å². The number of amides is 2. The first-order valence-corrected chi connectivity index (χ1v) is 8.44. The van der Waals surface area contributed by atoms with Crippen molar-refractivity contribution in [3.8, 4) is 0 Å². The Balaban J connectivity index is 1.62. The van der Waals surface area contributed by atoms with Crippen LogP contribution in [-0.2, 0) is 5.41 Å². The van der Waals surface area contributed by atoms with Gasteiger partial charge in [0.2, 0.25) is 5.89 Å². The van der Waals surface area contributed by atoms with Crippen molar-refractivity contribution in [1.29, 1.82) is 0 Å². The summed E-state index contributed by atoms with van der Waals surface area (Å²) in [5.41, 5.74) is -0.105. The van der Waals surface area contributed by atoms with Gasteiger partial charge in [-0.25, -0.2) is 18.6 Å². The van der Waals surface area contributed by atoms with Crippen LogP contribution in [0.3, 0.4) is 0 Å². The summed E-state index contributed by atoms with van der Waals surface area (Å²) in [6.45, 7) is 6.06. The first-order chi connectivity index (χ1) is 13.2. The molecule has 0 radical (unpaired) electrons. The summed E-state index contributed by atoms with van der Waals surface area (Å²) in [6.07, 6.45) is 5.00. The molecule has 28 heavy (non-hydrogen) atoms. The Hall–Kier alpha value is -3.49. The van der Waals surface area contributed by atoms with E-state index in [1.165, 1.54) is 6.07 Å². The summed E-state index contributed by atoms with van der Waals surface area (Å²) < 4.78 is 32.8. The lowest BCUT2D eigenvalue weighted by molar-refractivity contribution is 0.262. The molecule has 0 aliphatic heterocycles. The zero-order chi connectivity index (χ0) is 20.3. The van der Waals surface area contributed by atoms with Crippen LogP contribution in [0.15, 0.2) is 34.9 Å². The SMILES string of the molecule is CC(C)(C)c1cnc(/C=C\c2cc(NC(=O)Nc3c(F)cccc3F)n[nH]2)o1. The summed E-state index contributed by atoms with van der Waals surface area (Å²) in [7, 11) is 0. The summed E-state index contributed by atoms with van der Waals surface area (Å²) in [6, 6.07) is 4.02. The molecule has 146 valence electrons. The third-order valence-electron chi connectivity index (χ3n) is 3.71. The number of oxazole rings is 1. The number of hydrogen-bond acceptors (Lipinski definition) is 4. The molecule has 0 aliphatic carbocycles. The van der Waals surface area contributed by atoms with Gasteiger partial charge >= 0.3 is 6.03 Å². The van der Waals surface area contributed by atoms with Crippen LogP contribution in [0.2, 0.25) is 0 Å². The number of rotatable bonds is 4. The zero-order valence-corrected chi connectivity index (χ0v) is 15.5. The molecule has 3 rings (SSSR count). The number of nitrogens with zero attached hydrogens (tertiary/aromatic N) is 2. The lowest BCUT2D eigenvalue weighted by Gasteiger charge is -2.12. The van der Waals surface area contributed by atoms with E-state index < -0.39 is 23.4 Å². The number of halogens is 2. The van der Waals surface area contributed by atoms with E-state index in [1.807, 2.05) is 20.8 Å². The van der Waals surface area contributed by atoms with Gasteiger partial charge in [0.15, 0.2) is 5.82 Å². The summed E-state index contributed by atoms with van der Waals surface area (Å²) >= 11 is 0. The highest BCUT2D eigenvalue weighted by atomic mass is 19.1. The van der Waals surface area contributed by atoms with Crippen LogP contribution in [-0.4, -0.2) is 21.2 Å². The van der Waals surface area contributed by atoms with Gasteiger partial charge in [0.05, 0.1) is 11.9 Å². The second kappa shape index (κ2) is 7.63. The summed E-state index contributed by atoms with van der Waals surface area (Å²) in [5, 5.41) is 11.1. The first-order valence-electron chi connectivity index (χ1n) is 8.44. The topological polar surface area (TPSA) is 95.8 Å². The number of anilines is 2. The fourth-order valence-corrected chi connectivity index (χ4v) is 2.24.